The molecule has 0 aliphatic heterocycles. The van der Waals surface area contributed by atoms with Crippen LogP contribution in [-0.4, -0.2) is 34.7 Å². The van der Waals surface area contributed by atoms with Gasteiger partial charge in [-0.25, -0.2) is 0 Å². The summed E-state index contributed by atoms with van der Waals surface area (Å²) in [5.41, 5.74) is 6.55. The van der Waals surface area contributed by atoms with E-state index in [1.54, 1.807) is 0 Å². The van der Waals surface area contributed by atoms with Crippen LogP contribution in [0.5, 0.6) is 0 Å². The third-order valence-electron chi connectivity index (χ3n) is 6.19. The van der Waals surface area contributed by atoms with Crippen molar-refractivity contribution in [2.75, 3.05) is 12.4 Å². The first-order valence-electron chi connectivity index (χ1n) is 12.0. The number of nitrogens with one attached hydrogen (secondary N) is 1. The molecule has 6 heteroatoms. The largest absolute Gasteiger partial charge is 0.485 e. The van der Waals surface area contributed by atoms with Gasteiger partial charge in [0.2, 0.25) is 0 Å². The van der Waals surface area contributed by atoms with Crippen LogP contribution in [0.1, 0.15) is 105 Å². The van der Waals surface area contributed by atoms with Gasteiger partial charge < -0.3 is 15.8 Å². The highest BCUT2D eigenvalue weighted by Gasteiger charge is 2.46. The van der Waals surface area contributed by atoms with Crippen molar-refractivity contribution in [2.24, 2.45) is 16.6 Å². The minimum atomic E-state index is -0.292. The highest BCUT2D eigenvalue weighted by atomic mass is 32.2. The van der Waals surface area contributed by atoms with Gasteiger partial charge in [0.25, 0.3) is 5.24 Å². The van der Waals surface area contributed by atoms with E-state index in [1.165, 1.54) is 50.3 Å². The van der Waals surface area contributed by atoms with E-state index in [4.69, 9.17) is 22.7 Å². The molecular formula is C24H46N2O2S2. The fourth-order valence-corrected chi connectivity index (χ4v) is 6.01. The van der Waals surface area contributed by atoms with Crippen molar-refractivity contribution >= 4 is 34.3 Å². The van der Waals surface area contributed by atoms with E-state index in [-0.39, 0.29) is 28.2 Å². The molecule has 1 saturated carbocycles. The Hall–Kier alpha value is -0.330. The Bertz CT molecular complexity index is 527. The van der Waals surface area contributed by atoms with Gasteiger partial charge in [-0.15, -0.1) is 0 Å². The Balaban J connectivity index is 2.57. The predicted octanol–water partition coefficient (Wildman–Crippen LogP) is 6.85. The molecule has 3 N–H and O–H groups in total. The molecule has 0 radical (unpaired) electrons. The first kappa shape index (κ1) is 27.7. The number of hydrogen-bond donors (Lipinski definition) is 2. The number of ether oxygens (including phenoxy) is 1. The molecule has 3 atom stereocenters. The molecule has 0 bridgehead atoms. The topological polar surface area (TPSA) is 64.3 Å². The van der Waals surface area contributed by atoms with Crippen LogP contribution in [0, 0.1) is 10.8 Å². The van der Waals surface area contributed by atoms with Gasteiger partial charge >= 0.3 is 0 Å². The SMILES string of the molecule is CCCCCCOC(=S)C(N)C1(C)CC(NC(=O)SCCCCCC)CC(C)(C)C1. The molecule has 0 spiro atoms. The van der Waals surface area contributed by atoms with E-state index in [0.29, 0.717) is 11.7 Å². The van der Waals surface area contributed by atoms with Crippen molar-refractivity contribution in [2.45, 2.75) is 117 Å². The average molecular weight is 459 g/mol. The molecule has 0 aromatic carbocycles. The monoisotopic (exact) mass is 458 g/mol. The lowest BCUT2D eigenvalue weighted by molar-refractivity contribution is 0.0642. The zero-order valence-electron chi connectivity index (χ0n) is 20.1. The summed E-state index contributed by atoms with van der Waals surface area (Å²) < 4.78 is 5.85. The number of thiocarbonyl (C=S) groups is 1. The second-order valence-corrected chi connectivity index (χ2v) is 11.6. The van der Waals surface area contributed by atoms with Crippen LogP contribution < -0.4 is 11.1 Å². The number of carbonyl (C=O) groups is 1. The summed E-state index contributed by atoms with van der Waals surface area (Å²) in [4.78, 5) is 12.5. The summed E-state index contributed by atoms with van der Waals surface area (Å²) in [7, 11) is 0. The third kappa shape index (κ3) is 10.3. The summed E-state index contributed by atoms with van der Waals surface area (Å²) in [6, 6.07) is -0.160. The van der Waals surface area contributed by atoms with Crippen molar-refractivity contribution < 1.29 is 9.53 Å². The number of hydrogen-bond acceptors (Lipinski definition) is 5. The molecule has 4 nitrogen and oxygen atoms in total. The summed E-state index contributed by atoms with van der Waals surface area (Å²) in [5, 5.41) is 3.89. The minimum absolute atomic E-state index is 0.0971. The average Bonchev–Trinajstić information content (AvgIpc) is 2.65. The summed E-state index contributed by atoms with van der Waals surface area (Å²) in [6.07, 6.45) is 12.2. The second-order valence-electron chi connectivity index (χ2n) is 10.1. The maximum atomic E-state index is 12.5. The zero-order chi connectivity index (χ0) is 22.6. The van der Waals surface area contributed by atoms with Crippen LogP contribution in [0.25, 0.3) is 0 Å². The van der Waals surface area contributed by atoms with Crippen LogP contribution in [0.15, 0.2) is 0 Å². The van der Waals surface area contributed by atoms with Crippen LogP contribution in [0.3, 0.4) is 0 Å². The van der Waals surface area contributed by atoms with E-state index >= 15 is 0 Å². The predicted molar refractivity (Wildman–Crippen MR) is 135 cm³/mol. The molecule has 1 rings (SSSR count). The van der Waals surface area contributed by atoms with Crippen molar-refractivity contribution in [3.05, 3.63) is 0 Å². The number of thioether (sulfide) groups is 1. The van der Waals surface area contributed by atoms with Gasteiger partial charge in [0, 0.05) is 11.8 Å². The lowest BCUT2D eigenvalue weighted by atomic mass is 9.60. The fourth-order valence-electron chi connectivity index (χ4n) is 4.86. The molecule has 0 heterocycles. The molecule has 0 aromatic rings. The van der Waals surface area contributed by atoms with E-state index in [0.717, 1.165) is 37.9 Å². The van der Waals surface area contributed by atoms with Crippen LogP contribution in [0.2, 0.25) is 0 Å². The molecule has 1 amide bonds. The first-order valence-corrected chi connectivity index (χ1v) is 13.4. The maximum Gasteiger partial charge on any atom is 0.279 e. The Morgan fingerprint density at radius 2 is 1.73 bits per heavy atom. The molecule has 0 saturated heterocycles. The van der Waals surface area contributed by atoms with Gasteiger partial charge in [-0.3, -0.25) is 4.79 Å². The summed E-state index contributed by atoms with van der Waals surface area (Å²) in [6.45, 7) is 11.8. The van der Waals surface area contributed by atoms with Crippen LogP contribution >= 0.6 is 24.0 Å². The minimum Gasteiger partial charge on any atom is -0.485 e. The van der Waals surface area contributed by atoms with E-state index < -0.39 is 0 Å². The maximum absolute atomic E-state index is 12.5. The highest BCUT2D eigenvalue weighted by Crippen LogP contribution is 2.48. The quantitative estimate of drug-likeness (QED) is 0.233. The van der Waals surface area contributed by atoms with E-state index in [1.807, 2.05) is 0 Å². The normalized spacial score (nSPS) is 24.3. The van der Waals surface area contributed by atoms with Crippen molar-refractivity contribution in [3.8, 4) is 0 Å². The van der Waals surface area contributed by atoms with Crippen molar-refractivity contribution in [1.29, 1.82) is 0 Å². The van der Waals surface area contributed by atoms with Gasteiger partial charge in [0.15, 0.2) is 5.05 Å². The van der Waals surface area contributed by atoms with E-state index in [9.17, 15) is 4.79 Å². The first-order chi connectivity index (χ1) is 14.1. The summed E-state index contributed by atoms with van der Waals surface area (Å²) in [5.74, 6) is 0.898. The molecule has 30 heavy (non-hydrogen) atoms. The van der Waals surface area contributed by atoms with Gasteiger partial charge in [0.1, 0.15) is 0 Å². The Morgan fingerprint density at radius 1 is 1.10 bits per heavy atom. The van der Waals surface area contributed by atoms with Gasteiger partial charge in [-0.2, -0.15) is 0 Å². The number of rotatable bonds is 13. The molecule has 3 unspecified atom stereocenters. The van der Waals surface area contributed by atoms with Gasteiger partial charge in [-0.05, 0) is 55.2 Å². The number of unbranched alkanes of at least 4 members (excludes halogenated alkanes) is 6. The lowest BCUT2D eigenvalue weighted by Gasteiger charge is -2.49. The van der Waals surface area contributed by atoms with Crippen molar-refractivity contribution in [1.82, 2.24) is 5.32 Å². The molecule has 176 valence electrons. The zero-order valence-corrected chi connectivity index (χ0v) is 21.7. The standard InChI is InChI=1S/C24H46N2O2S2/c1-6-8-10-12-14-28-21(29)20(25)24(5)17-19(16-23(3,4)18-24)26-22(27)30-15-13-11-9-7-2/h19-20H,6-18,25H2,1-5H3,(H,26,27). The smallest absolute Gasteiger partial charge is 0.279 e. The third-order valence-corrected chi connectivity index (χ3v) is 7.44. The van der Waals surface area contributed by atoms with Crippen molar-refractivity contribution in [3.63, 3.8) is 0 Å². The Labute approximate surface area is 195 Å². The summed E-state index contributed by atoms with van der Waals surface area (Å²) >= 11 is 6.98. The molecule has 0 aromatic heterocycles. The number of amides is 1. The number of carbonyl (C=O) groups excluding carboxylic acids is 1. The number of nitrogens with two attached hydrogens (primary N) is 1. The van der Waals surface area contributed by atoms with Crippen LogP contribution in [0.4, 0.5) is 4.79 Å². The molecular weight excluding hydrogens is 412 g/mol. The molecule has 1 aliphatic rings. The van der Waals surface area contributed by atoms with Gasteiger partial charge in [0.05, 0.1) is 12.6 Å². The second kappa shape index (κ2) is 13.9. The lowest BCUT2D eigenvalue weighted by Crippen LogP contribution is -2.55. The van der Waals surface area contributed by atoms with Crippen LogP contribution in [-0.2, 0) is 4.74 Å². The molecule has 1 fully saturated rings. The van der Waals surface area contributed by atoms with E-state index in [2.05, 4.69) is 39.9 Å². The Morgan fingerprint density at radius 3 is 2.37 bits per heavy atom. The Kier molecular flexibility index (Phi) is 12.9. The van der Waals surface area contributed by atoms with Gasteiger partial charge in [-0.1, -0.05) is 84.9 Å². The fraction of sp³-hybridized carbons (Fsp3) is 0.917. The molecule has 1 aliphatic carbocycles. The highest BCUT2D eigenvalue weighted by molar-refractivity contribution is 8.13.